The quantitative estimate of drug-likeness (QED) is 0.257. The van der Waals surface area contributed by atoms with Crippen molar-refractivity contribution in [1.29, 1.82) is 0 Å². The van der Waals surface area contributed by atoms with Crippen LogP contribution >= 0.6 is 35.6 Å². The second kappa shape index (κ2) is 11.3. The van der Waals surface area contributed by atoms with E-state index in [0.29, 0.717) is 44.9 Å². The Bertz CT molecular complexity index is 1050. The molecule has 174 valence electrons. The van der Waals surface area contributed by atoms with Crippen LogP contribution in [-0.4, -0.2) is 30.6 Å². The Labute approximate surface area is 208 Å². The third kappa shape index (κ3) is 6.22. The Hall–Kier alpha value is -2.22. The van der Waals surface area contributed by atoms with Crippen LogP contribution < -0.4 is 19.5 Å². The lowest BCUT2D eigenvalue weighted by atomic mass is 9.84. The van der Waals surface area contributed by atoms with Crippen LogP contribution in [0.2, 0.25) is 5.02 Å². The molecule has 0 aromatic heterocycles. The number of carbonyl (C=O) groups excluding carboxylic acids is 1. The first kappa shape index (κ1) is 23.9. The van der Waals surface area contributed by atoms with Crippen molar-refractivity contribution in [3.05, 3.63) is 57.5 Å². The number of methoxy groups -OCH3 is 1. The largest absolute Gasteiger partial charge is 0.493 e. The number of amides is 1. The summed E-state index contributed by atoms with van der Waals surface area (Å²) >= 11 is 12.7. The molecule has 1 heterocycles. The minimum absolute atomic E-state index is 0.218. The van der Waals surface area contributed by atoms with E-state index in [1.54, 1.807) is 25.3 Å². The molecule has 1 amide bonds. The first-order valence-electron chi connectivity index (χ1n) is 11.0. The molecular weight excluding hydrogens is 478 g/mol. The van der Waals surface area contributed by atoms with Crippen molar-refractivity contribution >= 4 is 51.9 Å². The fraction of sp³-hybridized carbons (Fsp3) is 0.360. The zero-order valence-electron chi connectivity index (χ0n) is 18.4. The molecule has 2 fully saturated rings. The number of hydrogen-bond donors (Lipinski definition) is 1. The summed E-state index contributed by atoms with van der Waals surface area (Å²) in [4.78, 5) is 12.4. The number of carbonyl (C=O) groups is 1. The molecule has 4 rings (SSSR count). The zero-order chi connectivity index (χ0) is 23.2. The number of thiocarbonyl (C=S) groups is 1. The van der Waals surface area contributed by atoms with Crippen molar-refractivity contribution in [3.8, 4) is 17.2 Å². The van der Waals surface area contributed by atoms with E-state index < -0.39 is 0 Å². The van der Waals surface area contributed by atoms with Gasteiger partial charge in [0.2, 0.25) is 0 Å². The maximum Gasteiger partial charge on any atom is 0.263 e. The van der Waals surface area contributed by atoms with Gasteiger partial charge in [-0.05, 0) is 60.2 Å². The van der Waals surface area contributed by atoms with E-state index in [9.17, 15) is 4.79 Å². The standard InChI is InChI=1S/C25H26ClNO4S2/c1-29-21-14-16(15-22-24(28)27-25(32)33-22)13-20(26)23(21)31-12-11-30-19-9-7-18(8-10-19)17-5-3-2-4-6-17/h7-10,13-15,17H,2-6,11-12H2,1H3,(H,27,28,32)/b22-15-. The average molecular weight is 504 g/mol. The van der Waals surface area contributed by atoms with Gasteiger partial charge in [-0.15, -0.1) is 0 Å². The summed E-state index contributed by atoms with van der Waals surface area (Å²) in [6.45, 7) is 0.690. The molecule has 5 nitrogen and oxygen atoms in total. The summed E-state index contributed by atoms with van der Waals surface area (Å²) < 4.78 is 17.6. The van der Waals surface area contributed by atoms with Gasteiger partial charge in [-0.3, -0.25) is 4.79 Å². The van der Waals surface area contributed by atoms with Crippen molar-refractivity contribution in [2.45, 2.75) is 38.0 Å². The van der Waals surface area contributed by atoms with E-state index >= 15 is 0 Å². The molecule has 0 atom stereocenters. The molecule has 1 saturated heterocycles. The van der Waals surface area contributed by atoms with Crippen molar-refractivity contribution in [2.24, 2.45) is 0 Å². The van der Waals surface area contributed by atoms with Gasteiger partial charge in [-0.25, -0.2) is 0 Å². The Morgan fingerprint density at radius 3 is 2.52 bits per heavy atom. The Morgan fingerprint density at radius 1 is 1.12 bits per heavy atom. The minimum Gasteiger partial charge on any atom is -0.493 e. The smallest absolute Gasteiger partial charge is 0.263 e. The maximum atomic E-state index is 11.9. The van der Waals surface area contributed by atoms with Crippen molar-refractivity contribution in [2.75, 3.05) is 20.3 Å². The van der Waals surface area contributed by atoms with Gasteiger partial charge in [0.15, 0.2) is 11.5 Å². The molecule has 1 aliphatic heterocycles. The van der Waals surface area contributed by atoms with Crippen LogP contribution in [0.25, 0.3) is 6.08 Å². The summed E-state index contributed by atoms with van der Waals surface area (Å²) in [5, 5.41) is 2.99. The van der Waals surface area contributed by atoms with E-state index in [2.05, 4.69) is 17.4 Å². The third-order valence-corrected chi connectivity index (χ3v) is 7.19. The predicted octanol–water partition coefficient (Wildman–Crippen LogP) is 6.34. The van der Waals surface area contributed by atoms with E-state index in [1.807, 2.05) is 12.1 Å². The molecule has 33 heavy (non-hydrogen) atoms. The molecule has 8 heteroatoms. The number of nitrogens with one attached hydrogen (secondary N) is 1. The molecule has 0 spiro atoms. The lowest BCUT2D eigenvalue weighted by Crippen LogP contribution is -2.17. The minimum atomic E-state index is -0.218. The number of rotatable bonds is 8. The van der Waals surface area contributed by atoms with Crippen LogP contribution in [0, 0.1) is 0 Å². The van der Waals surface area contributed by atoms with Crippen molar-refractivity contribution in [1.82, 2.24) is 5.32 Å². The average Bonchev–Trinajstić information content (AvgIpc) is 3.14. The molecule has 1 aliphatic carbocycles. The molecule has 2 aromatic carbocycles. The highest BCUT2D eigenvalue weighted by atomic mass is 35.5. The summed E-state index contributed by atoms with van der Waals surface area (Å²) in [5.74, 6) is 2.21. The van der Waals surface area contributed by atoms with Gasteiger partial charge in [0, 0.05) is 0 Å². The van der Waals surface area contributed by atoms with Gasteiger partial charge >= 0.3 is 0 Å². The fourth-order valence-corrected chi connectivity index (χ4v) is 5.43. The normalized spacial score (nSPS) is 17.8. The van der Waals surface area contributed by atoms with Crippen LogP contribution in [0.4, 0.5) is 0 Å². The van der Waals surface area contributed by atoms with Gasteiger partial charge in [0.05, 0.1) is 17.0 Å². The molecular formula is C25H26ClNO4S2. The van der Waals surface area contributed by atoms with Crippen LogP contribution in [0.3, 0.4) is 0 Å². The number of benzene rings is 2. The molecule has 1 N–H and O–H groups in total. The second-order valence-electron chi connectivity index (χ2n) is 7.99. The van der Waals surface area contributed by atoms with E-state index in [0.717, 1.165) is 11.3 Å². The highest BCUT2D eigenvalue weighted by Gasteiger charge is 2.22. The number of halogens is 1. The predicted molar refractivity (Wildman–Crippen MR) is 138 cm³/mol. The van der Waals surface area contributed by atoms with Crippen LogP contribution in [0.1, 0.15) is 49.1 Å². The highest BCUT2D eigenvalue weighted by Crippen LogP contribution is 2.38. The maximum absolute atomic E-state index is 11.9. The van der Waals surface area contributed by atoms with Gasteiger partial charge in [-0.1, -0.05) is 67.0 Å². The highest BCUT2D eigenvalue weighted by molar-refractivity contribution is 8.26. The van der Waals surface area contributed by atoms with E-state index in [1.165, 1.54) is 49.4 Å². The Balaban J connectivity index is 1.33. The SMILES string of the molecule is COc1cc(/C=C2\SC(=S)NC2=O)cc(Cl)c1OCCOc1ccc(C2CCCCC2)cc1. The lowest BCUT2D eigenvalue weighted by molar-refractivity contribution is -0.115. The molecule has 1 saturated carbocycles. The topological polar surface area (TPSA) is 56.8 Å². The first-order chi connectivity index (χ1) is 16.0. The summed E-state index contributed by atoms with van der Waals surface area (Å²) in [6.07, 6.45) is 8.30. The van der Waals surface area contributed by atoms with Crippen molar-refractivity contribution < 1.29 is 19.0 Å². The molecule has 2 aliphatic rings. The van der Waals surface area contributed by atoms with E-state index in [4.69, 9.17) is 38.0 Å². The first-order valence-corrected chi connectivity index (χ1v) is 12.6. The zero-order valence-corrected chi connectivity index (χ0v) is 20.8. The molecule has 2 aromatic rings. The lowest BCUT2D eigenvalue weighted by Gasteiger charge is -2.22. The second-order valence-corrected chi connectivity index (χ2v) is 10.1. The van der Waals surface area contributed by atoms with Gasteiger partial charge in [0.25, 0.3) is 5.91 Å². The number of hydrogen-bond acceptors (Lipinski definition) is 6. The van der Waals surface area contributed by atoms with E-state index in [-0.39, 0.29) is 5.91 Å². The number of ether oxygens (including phenoxy) is 3. The Kier molecular flexibility index (Phi) is 8.17. The number of thioether (sulfide) groups is 1. The fourth-order valence-electron chi connectivity index (χ4n) is 4.11. The summed E-state index contributed by atoms with van der Waals surface area (Å²) in [6, 6.07) is 11.9. The molecule has 0 unspecified atom stereocenters. The van der Waals surface area contributed by atoms with Crippen LogP contribution in [0.5, 0.6) is 17.2 Å². The van der Waals surface area contributed by atoms with Crippen LogP contribution in [-0.2, 0) is 4.79 Å². The summed E-state index contributed by atoms with van der Waals surface area (Å²) in [7, 11) is 1.55. The van der Waals surface area contributed by atoms with Crippen molar-refractivity contribution in [3.63, 3.8) is 0 Å². The summed E-state index contributed by atoms with van der Waals surface area (Å²) in [5.41, 5.74) is 2.13. The molecule has 0 radical (unpaired) electrons. The van der Waals surface area contributed by atoms with Gasteiger partial charge in [0.1, 0.15) is 23.3 Å². The monoisotopic (exact) mass is 503 g/mol. The molecule has 0 bridgehead atoms. The Morgan fingerprint density at radius 2 is 1.85 bits per heavy atom. The van der Waals surface area contributed by atoms with Gasteiger partial charge in [-0.2, -0.15) is 0 Å². The van der Waals surface area contributed by atoms with Crippen LogP contribution in [0.15, 0.2) is 41.3 Å². The third-order valence-electron chi connectivity index (χ3n) is 5.75. The van der Waals surface area contributed by atoms with Gasteiger partial charge < -0.3 is 19.5 Å².